The summed E-state index contributed by atoms with van der Waals surface area (Å²) in [5.74, 6) is 0. The Hall–Kier alpha value is -2.83. The minimum absolute atomic E-state index is 0.141. The number of carbonyl (C=O) groups is 1. The van der Waals surface area contributed by atoms with Crippen LogP contribution in [0.4, 0.5) is 10.5 Å². The summed E-state index contributed by atoms with van der Waals surface area (Å²) in [6.45, 7) is 1.87. The summed E-state index contributed by atoms with van der Waals surface area (Å²) in [6, 6.07) is 15.2. The minimum atomic E-state index is -0.141. The van der Waals surface area contributed by atoms with E-state index in [2.05, 4.69) is 20.4 Å². The average Bonchev–Trinajstić information content (AvgIpc) is 3.20. The van der Waals surface area contributed by atoms with Gasteiger partial charge in [0.25, 0.3) is 0 Å². The van der Waals surface area contributed by atoms with Crippen LogP contribution in [0, 0.1) is 0 Å². The third-order valence-corrected chi connectivity index (χ3v) is 4.57. The molecule has 146 valence electrons. The molecule has 0 aliphatic carbocycles. The standard InChI is InChI=1S/C21H24ClN5O/c1-26(2)10-11-27(15-16-4-3-5-19(22)12-16)21(28)25-20-8-6-17(7-9-20)18-13-23-24-14-18/h3-9,12-14H,10-11,15H2,1-2H3,(H,23,24)(H,25,28). The molecule has 0 unspecified atom stereocenters. The fourth-order valence-corrected chi connectivity index (χ4v) is 3.00. The first-order valence-electron chi connectivity index (χ1n) is 9.05. The van der Waals surface area contributed by atoms with Gasteiger partial charge in [-0.05, 0) is 49.5 Å². The van der Waals surface area contributed by atoms with E-state index in [4.69, 9.17) is 11.6 Å². The zero-order valence-electron chi connectivity index (χ0n) is 16.0. The first-order valence-corrected chi connectivity index (χ1v) is 9.43. The molecule has 0 saturated carbocycles. The highest BCUT2D eigenvalue weighted by atomic mass is 35.5. The molecule has 0 aliphatic rings. The maximum Gasteiger partial charge on any atom is 0.322 e. The van der Waals surface area contributed by atoms with Gasteiger partial charge in [-0.25, -0.2) is 4.79 Å². The molecule has 2 aromatic carbocycles. The highest BCUT2D eigenvalue weighted by Crippen LogP contribution is 2.20. The van der Waals surface area contributed by atoms with Gasteiger partial charge >= 0.3 is 6.03 Å². The number of halogens is 1. The van der Waals surface area contributed by atoms with Crippen molar-refractivity contribution >= 4 is 23.3 Å². The fourth-order valence-electron chi connectivity index (χ4n) is 2.79. The van der Waals surface area contributed by atoms with Gasteiger partial charge in [0.2, 0.25) is 0 Å². The molecule has 0 radical (unpaired) electrons. The van der Waals surface area contributed by atoms with E-state index in [9.17, 15) is 4.79 Å². The molecule has 0 saturated heterocycles. The molecule has 0 atom stereocenters. The fraction of sp³-hybridized carbons (Fsp3) is 0.238. The third-order valence-electron chi connectivity index (χ3n) is 4.33. The number of hydrogen-bond acceptors (Lipinski definition) is 3. The SMILES string of the molecule is CN(C)CCN(Cc1cccc(Cl)c1)C(=O)Nc1ccc(-c2cn[nH]c2)cc1. The molecule has 0 bridgehead atoms. The predicted octanol–water partition coefficient (Wildman–Crippen LogP) is 4.33. The summed E-state index contributed by atoms with van der Waals surface area (Å²) in [7, 11) is 3.98. The van der Waals surface area contributed by atoms with Crippen molar-refractivity contribution in [2.45, 2.75) is 6.54 Å². The van der Waals surface area contributed by atoms with Gasteiger partial charge in [0.1, 0.15) is 0 Å². The monoisotopic (exact) mass is 397 g/mol. The van der Waals surface area contributed by atoms with E-state index in [1.54, 1.807) is 11.1 Å². The van der Waals surface area contributed by atoms with Crippen LogP contribution in [0.15, 0.2) is 60.9 Å². The number of anilines is 1. The molecule has 28 heavy (non-hydrogen) atoms. The van der Waals surface area contributed by atoms with Gasteiger partial charge in [0, 0.05) is 42.1 Å². The molecular weight excluding hydrogens is 374 g/mol. The Morgan fingerprint density at radius 3 is 2.54 bits per heavy atom. The smallest absolute Gasteiger partial charge is 0.319 e. The van der Waals surface area contributed by atoms with Crippen molar-refractivity contribution in [3.63, 3.8) is 0 Å². The van der Waals surface area contributed by atoms with E-state index in [-0.39, 0.29) is 6.03 Å². The Balaban J connectivity index is 1.69. The molecule has 3 aromatic rings. The van der Waals surface area contributed by atoms with Crippen molar-refractivity contribution in [2.75, 3.05) is 32.5 Å². The van der Waals surface area contributed by atoms with Crippen LogP contribution in [0.2, 0.25) is 5.02 Å². The lowest BCUT2D eigenvalue weighted by atomic mass is 10.1. The lowest BCUT2D eigenvalue weighted by molar-refractivity contribution is 0.202. The molecule has 7 heteroatoms. The van der Waals surface area contributed by atoms with Crippen LogP contribution < -0.4 is 5.32 Å². The quantitative estimate of drug-likeness (QED) is 0.623. The summed E-state index contributed by atoms with van der Waals surface area (Å²) in [5, 5.41) is 10.4. The summed E-state index contributed by atoms with van der Waals surface area (Å²) >= 11 is 6.09. The van der Waals surface area contributed by atoms with Crippen molar-refractivity contribution in [1.29, 1.82) is 0 Å². The lowest BCUT2D eigenvalue weighted by Crippen LogP contribution is -2.39. The van der Waals surface area contributed by atoms with Crippen molar-refractivity contribution in [2.24, 2.45) is 0 Å². The predicted molar refractivity (Wildman–Crippen MR) is 113 cm³/mol. The van der Waals surface area contributed by atoms with Crippen LogP contribution in [0.1, 0.15) is 5.56 Å². The van der Waals surface area contributed by atoms with Crippen LogP contribution in [-0.2, 0) is 6.54 Å². The molecular formula is C21H24ClN5O. The Kier molecular flexibility index (Phi) is 6.68. The zero-order chi connectivity index (χ0) is 19.9. The van der Waals surface area contributed by atoms with Crippen molar-refractivity contribution in [3.05, 3.63) is 71.5 Å². The largest absolute Gasteiger partial charge is 0.322 e. The van der Waals surface area contributed by atoms with Crippen molar-refractivity contribution < 1.29 is 4.79 Å². The number of hydrogen-bond donors (Lipinski definition) is 2. The first-order chi connectivity index (χ1) is 13.5. The van der Waals surface area contributed by atoms with Crippen LogP contribution in [0.3, 0.4) is 0 Å². The molecule has 0 spiro atoms. The number of aromatic nitrogens is 2. The van der Waals surface area contributed by atoms with Gasteiger partial charge < -0.3 is 15.1 Å². The highest BCUT2D eigenvalue weighted by molar-refractivity contribution is 6.30. The van der Waals surface area contributed by atoms with E-state index >= 15 is 0 Å². The summed E-state index contributed by atoms with van der Waals surface area (Å²) < 4.78 is 0. The average molecular weight is 398 g/mol. The minimum Gasteiger partial charge on any atom is -0.319 e. The molecule has 2 N–H and O–H groups in total. The molecule has 1 heterocycles. The molecule has 0 fully saturated rings. The summed E-state index contributed by atoms with van der Waals surface area (Å²) in [5.41, 5.74) is 3.79. The number of benzene rings is 2. The van der Waals surface area contributed by atoms with Gasteiger partial charge in [-0.2, -0.15) is 5.10 Å². The van der Waals surface area contributed by atoms with Gasteiger partial charge in [-0.1, -0.05) is 35.9 Å². The second-order valence-corrected chi connectivity index (χ2v) is 7.29. The van der Waals surface area contributed by atoms with Crippen LogP contribution in [-0.4, -0.2) is 53.2 Å². The number of rotatable bonds is 7. The van der Waals surface area contributed by atoms with Crippen molar-refractivity contribution in [3.8, 4) is 11.1 Å². The molecule has 0 aliphatic heterocycles. The van der Waals surface area contributed by atoms with Gasteiger partial charge in [0.05, 0.1) is 6.20 Å². The summed E-state index contributed by atoms with van der Waals surface area (Å²) in [6.07, 6.45) is 3.60. The van der Waals surface area contributed by atoms with Crippen LogP contribution >= 0.6 is 11.6 Å². The zero-order valence-corrected chi connectivity index (χ0v) is 16.8. The number of H-pyrrole nitrogens is 1. The van der Waals surface area contributed by atoms with Crippen LogP contribution in [0.25, 0.3) is 11.1 Å². The van der Waals surface area contributed by atoms with E-state index in [0.717, 1.165) is 28.9 Å². The highest BCUT2D eigenvalue weighted by Gasteiger charge is 2.15. The number of carbonyl (C=O) groups excluding carboxylic acids is 1. The van der Waals surface area contributed by atoms with E-state index in [1.165, 1.54) is 0 Å². The second kappa shape index (κ2) is 9.39. The summed E-state index contributed by atoms with van der Waals surface area (Å²) in [4.78, 5) is 16.7. The number of nitrogens with one attached hydrogen (secondary N) is 2. The Bertz CT molecular complexity index is 893. The number of aromatic amines is 1. The van der Waals surface area contributed by atoms with E-state index in [0.29, 0.717) is 18.1 Å². The van der Waals surface area contributed by atoms with Gasteiger partial charge in [0.15, 0.2) is 0 Å². The van der Waals surface area contributed by atoms with Crippen LogP contribution in [0.5, 0.6) is 0 Å². The van der Waals surface area contributed by atoms with E-state index < -0.39 is 0 Å². The number of nitrogens with zero attached hydrogens (tertiary/aromatic N) is 3. The maximum absolute atomic E-state index is 12.9. The lowest BCUT2D eigenvalue weighted by Gasteiger charge is -2.25. The molecule has 1 aromatic heterocycles. The topological polar surface area (TPSA) is 64.3 Å². The second-order valence-electron chi connectivity index (χ2n) is 6.85. The van der Waals surface area contributed by atoms with Gasteiger partial charge in [-0.15, -0.1) is 0 Å². The Morgan fingerprint density at radius 2 is 1.89 bits per heavy atom. The molecule has 2 amide bonds. The Labute approximate surface area is 170 Å². The van der Waals surface area contributed by atoms with Gasteiger partial charge in [-0.3, -0.25) is 5.10 Å². The maximum atomic E-state index is 12.9. The molecule has 3 rings (SSSR count). The molecule has 6 nitrogen and oxygen atoms in total. The number of amides is 2. The van der Waals surface area contributed by atoms with E-state index in [1.807, 2.05) is 68.8 Å². The number of likely N-dealkylation sites (N-methyl/N-ethyl adjacent to an activating group) is 1. The normalized spacial score (nSPS) is 10.9. The third kappa shape index (κ3) is 5.58. The number of urea groups is 1. The first kappa shape index (κ1) is 19.9. The Morgan fingerprint density at radius 1 is 1.11 bits per heavy atom. The van der Waals surface area contributed by atoms with Crippen molar-refractivity contribution in [1.82, 2.24) is 20.0 Å².